The average molecular weight is 839 g/mol. The summed E-state index contributed by atoms with van der Waals surface area (Å²) in [6.45, 7) is 15.8. The smallest absolute Gasteiger partial charge is 0.315 e. The molecule has 7 atom stereocenters. The van der Waals surface area contributed by atoms with E-state index in [0.29, 0.717) is 70.2 Å². The maximum absolute atomic E-state index is 15.8. The summed E-state index contributed by atoms with van der Waals surface area (Å²) in [7, 11) is 0. The number of ether oxygens (including phenoxy) is 4. The molecule has 62 heavy (non-hydrogen) atoms. The monoisotopic (exact) mass is 838 g/mol. The molecule has 4 bridgehead atoms. The first-order valence-electron chi connectivity index (χ1n) is 22.0. The number of aliphatic hydroxyl groups excluding tert-OH is 1. The lowest BCUT2D eigenvalue weighted by Gasteiger charge is -2.62. The Morgan fingerprint density at radius 3 is 2.39 bits per heavy atom. The summed E-state index contributed by atoms with van der Waals surface area (Å²) in [6, 6.07) is 7.50. The van der Waals surface area contributed by atoms with Crippen LogP contribution in [-0.4, -0.2) is 69.8 Å². The van der Waals surface area contributed by atoms with Gasteiger partial charge in [-0.1, -0.05) is 53.6 Å². The molecule has 11 rings (SSSR count). The Kier molecular flexibility index (Phi) is 9.05. The van der Waals surface area contributed by atoms with Gasteiger partial charge in [0, 0.05) is 58.6 Å². The second kappa shape index (κ2) is 13.8. The molecule has 5 aliphatic heterocycles. The number of Topliss-reactive ketones (excluding diaryl/α,β-unsaturated/α-hetero) is 2. The number of hydrogen-bond acceptors (Lipinski definition) is 10. The van der Waals surface area contributed by atoms with Crippen LogP contribution in [0.2, 0.25) is 0 Å². The Labute approximate surface area is 362 Å². The van der Waals surface area contributed by atoms with Crippen LogP contribution in [0.25, 0.3) is 11.3 Å². The minimum Gasteiger partial charge on any atom is -0.482 e. The predicted molar refractivity (Wildman–Crippen MR) is 233 cm³/mol. The normalized spacial score (nSPS) is 31.0. The number of allylic oxidation sites excluding steroid dienone is 4. The molecule has 1 saturated heterocycles. The van der Waals surface area contributed by atoms with Gasteiger partial charge in [0.05, 0.1) is 47.1 Å². The van der Waals surface area contributed by atoms with Gasteiger partial charge in [0.25, 0.3) is 0 Å². The van der Waals surface area contributed by atoms with Crippen LogP contribution in [0.4, 0.5) is 0 Å². The molecule has 5 heterocycles. The van der Waals surface area contributed by atoms with Gasteiger partial charge in [0.1, 0.15) is 17.1 Å². The molecular formula is C51H54N2O9. The first kappa shape index (κ1) is 40.7. The molecular weight excluding hydrogens is 785 g/mol. The summed E-state index contributed by atoms with van der Waals surface area (Å²) >= 11 is 0. The van der Waals surface area contributed by atoms with E-state index in [4.69, 9.17) is 23.9 Å². The van der Waals surface area contributed by atoms with Crippen LogP contribution in [-0.2, 0) is 25.5 Å². The second-order valence-electron chi connectivity index (χ2n) is 19.6. The van der Waals surface area contributed by atoms with E-state index >= 15 is 4.79 Å². The van der Waals surface area contributed by atoms with E-state index in [2.05, 4.69) is 44.3 Å². The topological polar surface area (TPSA) is 150 Å². The molecule has 9 aliphatic rings. The number of aliphatic hydroxyl groups is 1. The molecule has 3 saturated carbocycles. The maximum atomic E-state index is 15.8. The summed E-state index contributed by atoms with van der Waals surface area (Å²) in [6.07, 6.45) is 10.5. The number of benzene rings is 2. The second-order valence-corrected chi connectivity index (χ2v) is 19.6. The molecule has 7 unspecified atom stereocenters. The largest absolute Gasteiger partial charge is 0.482 e. The molecule has 1 amide bonds. The molecule has 0 radical (unpaired) electrons. The van der Waals surface area contributed by atoms with E-state index in [-0.39, 0.29) is 49.4 Å². The number of carbonyl (C=O) groups is 4. The Bertz CT molecular complexity index is 2630. The van der Waals surface area contributed by atoms with Crippen molar-refractivity contribution in [3.8, 4) is 17.2 Å². The molecule has 322 valence electrons. The van der Waals surface area contributed by atoms with Gasteiger partial charge in [0.15, 0.2) is 28.5 Å². The highest BCUT2D eigenvalue weighted by atomic mass is 16.6. The number of carbonyl (C=O) groups excluding carboxylic acids is 4. The number of fused-ring (bicyclic) bond motifs is 6. The fraction of sp³-hybridized carbons (Fsp3) is 0.471. The van der Waals surface area contributed by atoms with Gasteiger partial charge in [-0.2, -0.15) is 0 Å². The number of nitrogens with zero attached hydrogens (tertiary/aromatic N) is 1. The van der Waals surface area contributed by atoms with Gasteiger partial charge in [-0.3, -0.25) is 24.2 Å². The molecule has 2 aromatic rings. The Morgan fingerprint density at radius 1 is 0.935 bits per heavy atom. The summed E-state index contributed by atoms with van der Waals surface area (Å²) in [5.41, 5.74) is 3.86. The molecule has 2 aromatic carbocycles. The van der Waals surface area contributed by atoms with E-state index in [0.717, 1.165) is 34.3 Å². The lowest BCUT2D eigenvalue weighted by Crippen LogP contribution is -2.75. The highest BCUT2D eigenvalue weighted by Gasteiger charge is 2.84. The van der Waals surface area contributed by atoms with Crippen molar-refractivity contribution in [2.24, 2.45) is 28.7 Å². The summed E-state index contributed by atoms with van der Waals surface area (Å²) in [5.74, 6) is -2.05. The van der Waals surface area contributed by atoms with Crippen LogP contribution in [0, 0.1) is 23.7 Å². The number of hydrogen-bond donors (Lipinski definition) is 2. The fourth-order valence-corrected chi connectivity index (χ4v) is 12.2. The Morgan fingerprint density at radius 2 is 1.66 bits per heavy atom. The van der Waals surface area contributed by atoms with Crippen molar-refractivity contribution in [2.45, 2.75) is 116 Å². The van der Waals surface area contributed by atoms with Crippen molar-refractivity contribution in [2.75, 3.05) is 13.2 Å². The van der Waals surface area contributed by atoms with Crippen molar-refractivity contribution in [1.29, 1.82) is 0 Å². The van der Waals surface area contributed by atoms with E-state index in [1.165, 1.54) is 5.57 Å². The van der Waals surface area contributed by atoms with Gasteiger partial charge in [-0.25, -0.2) is 0 Å². The molecule has 11 nitrogen and oxygen atoms in total. The van der Waals surface area contributed by atoms with Crippen LogP contribution >= 0.6 is 0 Å². The van der Waals surface area contributed by atoms with E-state index in [9.17, 15) is 19.5 Å². The Hall–Kier alpha value is -5.39. The SMILES string of the molecule is CC(C)=CCCC1(C)C=C2CC(=O)Oc3c2c(c(CC=C(C)C)c2c3C3=C4C(C5CC6C(C)(C)OC(C/C=C(/C)C(=O)NCCO)(C5=O)C46O2)C2C(=O)c4ccccc4C2=N3)O1. The first-order chi connectivity index (χ1) is 29.5. The zero-order valence-electron chi connectivity index (χ0n) is 36.7. The first-order valence-corrected chi connectivity index (χ1v) is 22.0. The Balaban J connectivity index is 1.29. The number of esters is 1. The molecule has 0 aromatic heterocycles. The molecule has 11 heteroatoms. The van der Waals surface area contributed by atoms with Gasteiger partial charge >= 0.3 is 5.97 Å². The van der Waals surface area contributed by atoms with Crippen LogP contribution in [0.5, 0.6) is 17.2 Å². The standard InChI is InChI=1S/C51H54N2O9/c1-25(2)12-11-18-49(8)24-28-22-34(55)59-45-35(28)43(60-49)31(16-15-26(3)4)44-38(45)41-39-36(37-40(53-41)29-13-9-10-14-30(29)42(37)56)32-23-33-48(6,7)62-50(46(32)57,51(33,39)61-44)19-17-27(5)47(58)52-20-21-54/h9-10,12-15,17,24,32-33,36-37,54H,11,16,18-23H2,1-8H3,(H,52,58)/b27-17-. The van der Waals surface area contributed by atoms with Gasteiger partial charge in [0.2, 0.25) is 5.91 Å². The van der Waals surface area contributed by atoms with Crippen molar-refractivity contribution in [3.05, 3.63) is 98.7 Å². The average Bonchev–Trinajstić information content (AvgIpc) is 3.57. The minimum absolute atomic E-state index is 0.0107. The highest BCUT2D eigenvalue weighted by Crippen LogP contribution is 2.75. The summed E-state index contributed by atoms with van der Waals surface area (Å²) < 4.78 is 28.6. The van der Waals surface area contributed by atoms with Gasteiger partial charge in [-0.15, -0.1) is 0 Å². The van der Waals surface area contributed by atoms with Gasteiger partial charge < -0.3 is 29.4 Å². The van der Waals surface area contributed by atoms with E-state index in [1.807, 2.05) is 52.0 Å². The van der Waals surface area contributed by atoms with Gasteiger partial charge in [-0.05, 0) is 92.7 Å². The fourth-order valence-electron chi connectivity index (χ4n) is 12.2. The number of aliphatic imine (C=N–C) groups is 1. The third-order valence-corrected chi connectivity index (χ3v) is 14.7. The maximum Gasteiger partial charge on any atom is 0.315 e. The van der Waals surface area contributed by atoms with Crippen molar-refractivity contribution in [3.63, 3.8) is 0 Å². The zero-order valence-corrected chi connectivity index (χ0v) is 36.7. The third kappa shape index (κ3) is 5.46. The number of nitrogens with one attached hydrogen (secondary N) is 1. The number of rotatable bonds is 10. The lowest BCUT2D eigenvalue weighted by molar-refractivity contribution is -0.182. The van der Waals surface area contributed by atoms with Crippen LogP contribution in [0.15, 0.2) is 75.9 Å². The number of ketones is 2. The van der Waals surface area contributed by atoms with Crippen molar-refractivity contribution >= 4 is 40.4 Å². The minimum atomic E-state index is -1.62. The third-order valence-electron chi connectivity index (χ3n) is 14.7. The lowest BCUT2D eigenvalue weighted by atomic mass is 9.43. The predicted octanol–water partition coefficient (Wildman–Crippen LogP) is 7.77. The molecule has 2 N–H and O–H groups in total. The number of amides is 1. The van der Waals surface area contributed by atoms with E-state index in [1.54, 1.807) is 13.0 Å². The molecule has 1 spiro atoms. The van der Waals surface area contributed by atoms with E-state index < -0.39 is 46.1 Å². The summed E-state index contributed by atoms with van der Waals surface area (Å²) in [4.78, 5) is 63.2. The van der Waals surface area contributed by atoms with Crippen LogP contribution in [0.3, 0.4) is 0 Å². The highest BCUT2D eigenvalue weighted by molar-refractivity contribution is 6.31. The van der Waals surface area contributed by atoms with Crippen molar-refractivity contribution < 1.29 is 43.2 Å². The zero-order chi connectivity index (χ0) is 43.8. The molecule has 4 aliphatic carbocycles. The van der Waals surface area contributed by atoms with Crippen LogP contribution < -0.4 is 19.5 Å². The quantitative estimate of drug-likeness (QED) is 0.106. The molecule has 4 fully saturated rings. The van der Waals surface area contributed by atoms with Crippen molar-refractivity contribution in [1.82, 2.24) is 5.32 Å². The van der Waals surface area contributed by atoms with Crippen LogP contribution in [0.1, 0.15) is 120 Å². The summed E-state index contributed by atoms with van der Waals surface area (Å²) in [5, 5.41) is 12.2.